The molecule has 1 aliphatic rings. The van der Waals surface area contributed by atoms with Crippen LogP contribution < -0.4 is 10.2 Å². The van der Waals surface area contributed by atoms with Gasteiger partial charge in [-0.25, -0.2) is 9.69 Å². The molecule has 1 saturated heterocycles. The molecule has 1 heterocycles. The standard InChI is InChI=1S/C10H6ClN3O2/c11-7-3-6(4-12)1-2-8(7)14-9(15)5-13-10(14)16/h1-3H,5H2,(H,13,16). The van der Waals surface area contributed by atoms with Crippen LogP contribution in [0.5, 0.6) is 0 Å². The molecule has 1 aromatic carbocycles. The number of nitrogens with one attached hydrogen (secondary N) is 1. The van der Waals surface area contributed by atoms with Crippen LogP contribution in [0.2, 0.25) is 5.02 Å². The molecular formula is C10H6ClN3O2. The number of benzene rings is 1. The lowest BCUT2D eigenvalue weighted by Crippen LogP contribution is -2.30. The summed E-state index contributed by atoms with van der Waals surface area (Å²) in [6.45, 7) is -0.0326. The van der Waals surface area contributed by atoms with Gasteiger partial charge in [-0.05, 0) is 18.2 Å². The molecule has 0 bridgehead atoms. The topological polar surface area (TPSA) is 73.2 Å². The number of urea groups is 1. The minimum absolute atomic E-state index is 0.0326. The number of amides is 3. The Kier molecular flexibility index (Phi) is 2.50. The Morgan fingerprint density at radius 2 is 2.19 bits per heavy atom. The second-order valence-electron chi connectivity index (χ2n) is 3.17. The first-order valence-electron chi connectivity index (χ1n) is 4.44. The molecule has 1 fully saturated rings. The molecule has 1 aliphatic heterocycles. The van der Waals surface area contributed by atoms with E-state index in [1.165, 1.54) is 18.2 Å². The minimum Gasteiger partial charge on any atom is -0.328 e. The quantitative estimate of drug-likeness (QED) is 0.745. The van der Waals surface area contributed by atoms with Crippen LogP contribution in [0.3, 0.4) is 0 Å². The van der Waals surface area contributed by atoms with Crippen LogP contribution in [0.1, 0.15) is 5.56 Å². The summed E-state index contributed by atoms with van der Waals surface area (Å²) in [5, 5.41) is 11.2. The van der Waals surface area contributed by atoms with Gasteiger partial charge in [0.1, 0.15) is 0 Å². The Bertz CT molecular complexity index is 505. The molecule has 0 atom stereocenters. The Balaban J connectivity index is 2.45. The first kappa shape index (κ1) is 10.5. The number of halogens is 1. The monoisotopic (exact) mass is 235 g/mol. The second kappa shape index (κ2) is 3.83. The smallest absolute Gasteiger partial charge is 0.328 e. The zero-order chi connectivity index (χ0) is 11.7. The van der Waals surface area contributed by atoms with Crippen molar-refractivity contribution in [3.8, 4) is 6.07 Å². The van der Waals surface area contributed by atoms with Crippen molar-refractivity contribution in [2.24, 2.45) is 0 Å². The van der Waals surface area contributed by atoms with Crippen molar-refractivity contribution in [3.63, 3.8) is 0 Å². The van der Waals surface area contributed by atoms with Crippen molar-refractivity contribution in [1.82, 2.24) is 5.32 Å². The molecule has 80 valence electrons. The van der Waals surface area contributed by atoms with E-state index >= 15 is 0 Å². The van der Waals surface area contributed by atoms with E-state index in [4.69, 9.17) is 16.9 Å². The summed E-state index contributed by atoms with van der Waals surface area (Å²) in [6, 6.07) is 5.80. The molecular weight excluding hydrogens is 230 g/mol. The average molecular weight is 236 g/mol. The number of carbonyl (C=O) groups is 2. The lowest BCUT2D eigenvalue weighted by molar-refractivity contribution is -0.115. The highest BCUT2D eigenvalue weighted by Crippen LogP contribution is 2.28. The van der Waals surface area contributed by atoms with Crippen LogP contribution in [0.4, 0.5) is 10.5 Å². The Morgan fingerprint density at radius 1 is 1.44 bits per heavy atom. The van der Waals surface area contributed by atoms with Gasteiger partial charge in [-0.2, -0.15) is 5.26 Å². The molecule has 3 amide bonds. The molecule has 0 radical (unpaired) electrons. The molecule has 0 unspecified atom stereocenters. The number of hydrogen-bond acceptors (Lipinski definition) is 3. The van der Waals surface area contributed by atoms with Gasteiger partial charge in [-0.3, -0.25) is 4.79 Å². The Labute approximate surface area is 96.2 Å². The highest BCUT2D eigenvalue weighted by Gasteiger charge is 2.31. The summed E-state index contributed by atoms with van der Waals surface area (Å²) in [5.41, 5.74) is 0.668. The summed E-state index contributed by atoms with van der Waals surface area (Å²) in [5.74, 6) is -0.364. The van der Waals surface area contributed by atoms with Crippen molar-refractivity contribution >= 4 is 29.2 Å². The predicted octanol–water partition coefficient (Wildman–Crippen LogP) is 1.27. The average Bonchev–Trinajstić information content (AvgIpc) is 2.59. The number of hydrogen-bond donors (Lipinski definition) is 1. The zero-order valence-electron chi connectivity index (χ0n) is 8.03. The first-order chi connectivity index (χ1) is 7.63. The van der Waals surface area contributed by atoms with Crippen LogP contribution in [0.25, 0.3) is 0 Å². The maximum Gasteiger partial charge on any atom is 0.329 e. The van der Waals surface area contributed by atoms with E-state index in [9.17, 15) is 9.59 Å². The number of rotatable bonds is 1. The van der Waals surface area contributed by atoms with Crippen molar-refractivity contribution in [1.29, 1.82) is 5.26 Å². The number of nitrogens with zero attached hydrogens (tertiary/aromatic N) is 2. The highest BCUT2D eigenvalue weighted by molar-refractivity contribution is 6.35. The summed E-state index contributed by atoms with van der Waals surface area (Å²) >= 11 is 5.89. The number of anilines is 1. The lowest BCUT2D eigenvalue weighted by atomic mass is 10.2. The van der Waals surface area contributed by atoms with Gasteiger partial charge in [0.05, 0.1) is 28.9 Å². The molecule has 0 spiro atoms. The van der Waals surface area contributed by atoms with Gasteiger partial charge in [0, 0.05) is 0 Å². The fourth-order valence-electron chi connectivity index (χ4n) is 1.42. The maximum atomic E-state index is 11.4. The fraction of sp³-hybridized carbons (Fsp3) is 0.100. The van der Waals surface area contributed by atoms with E-state index in [1.807, 2.05) is 6.07 Å². The third-order valence-electron chi connectivity index (χ3n) is 2.16. The molecule has 0 aliphatic carbocycles. The van der Waals surface area contributed by atoms with Gasteiger partial charge < -0.3 is 5.32 Å². The van der Waals surface area contributed by atoms with E-state index in [0.29, 0.717) is 11.3 Å². The minimum atomic E-state index is -0.503. The van der Waals surface area contributed by atoms with Crippen LogP contribution in [-0.4, -0.2) is 18.5 Å². The molecule has 2 rings (SSSR count). The maximum absolute atomic E-state index is 11.4. The normalized spacial score (nSPS) is 14.9. The predicted molar refractivity (Wildman–Crippen MR) is 57.1 cm³/mol. The van der Waals surface area contributed by atoms with Gasteiger partial charge in [0.15, 0.2) is 0 Å². The van der Waals surface area contributed by atoms with Gasteiger partial charge >= 0.3 is 6.03 Å². The van der Waals surface area contributed by atoms with Gasteiger partial charge in [-0.15, -0.1) is 0 Å². The van der Waals surface area contributed by atoms with E-state index in [0.717, 1.165) is 4.90 Å². The third kappa shape index (κ3) is 1.59. The number of carbonyl (C=O) groups excluding carboxylic acids is 2. The Morgan fingerprint density at radius 3 is 2.69 bits per heavy atom. The molecule has 6 heteroatoms. The fourth-order valence-corrected chi connectivity index (χ4v) is 1.69. The highest BCUT2D eigenvalue weighted by atomic mass is 35.5. The summed E-state index contributed by atoms with van der Waals surface area (Å²) in [7, 11) is 0. The van der Waals surface area contributed by atoms with Crippen LogP contribution in [0.15, 0.2) is 18.2 Å². The summed E-state index contributed by atoms with van der Waals surface area (Å²) < 4.78 is 0. The van der Waals surface area contributed by atoms with Gasteiger partial charge in [0.25, 0.3) is 5.91 Å². The van der Waals surface area contributed by atoms with Crippen molar-refractivity contribution < 1.29 is 9.59 Å². The second-order valence-corrected chi connectivity index (χ2v) is 3.57. The van der Waals surface area contributed by atoms with E-state index in [1.54, 1.807) is 0 Å². The van der Waals surface area contributed by atoms with Crippen LogP contribution in [-0.2, 0) is 4.79 Å². The third-order valence-corrected chi connectivity index (χ3v) is 2.46. The van der Waals surface area contributed by atoms with Crippen molar-refractivity contribution in [3.05, 3.63) is 28.8 Å². The molecule has 1 aromatic rings. The summed E-state index contributed by atoms with van der Waals surface area (Å²) in [6.07, 6.45) is 0. The number of imide groups is 1. The van der Waals surface area contributed by atoms with Crippen molar-refractivity contribution in [2.45, 2.75) is 0 Å². The lowest BCUT2D eigenvalue weighted by Gasteiger charge is -2.13. The van der Waals surface area contributed by atoms with E-state index < -0.39 is 6.03 Å². The molecule has 5 nitrogen and oxygen atoms in total. The SMILES string of the molecule is N#Cc1ccc(N2C(=O)CNC2=O)c(Cl)c1. The van der Waals surface area contributed by atoms with Gasteiger partial charge in [-0.1, -0.05) is 11.6 Å². The first-order valence-corrected chi connectivity index (χ1v) is 4.81. The van der Waals surface area contributed by atoms with E-state index in [-0.39, 0.29) is 17.5 Å². The van der Waals surface area contributed by atoms with Crippen molar-refractivity contribution in [2.75, 3.05) is 11.4 Å². The van der Waals surface area contributed by atoms with E-state index in [2.05, 4.69) is 5.32 Å². The van der Waals surface area contributed by atoms with Gasteiger partial charge in [0.2, 0.25) is 0 Å². The van der Waals surface area contributed by atoms with Crippen LogP contribution in [0, 0.1) is 11.3 Å². The molecule has 0 saturated carbocycles. The number of nitriles is 1. The van der Waals surface area contributed by atoms with Crippen LogP contribution >= 0.6 is 11.6 Å². The molecule has 16 heavy (non-hydrogen) atoms. The summed E-state index contributed by atoms with van der Waals surface area (Å²) in [4.78, 5) is 23.7. The molecule has 0 aromatic heterocycles. The molecule has 1 N–H and O–H groups in total. The largest absolute Gasteiger partial charge is 0.329 e. The Hall–Kier alpha value is -2.06. The zero-order valence-corrected chi connectivity index (χ0v) is 8.78.